The maximum Gasteiger partial charge on any atom is 0.230 e. The maximum atomic E-state index is 5.75. The fourth-order valence-corrected chi connectivity index (χ4v) is 2.76. The molecule has 2 unspecified atom stereocenters. The lowest BCUT2D eigenvalue weighted by atomic mass is 10.0. The first-order valence-corrected chi connectivity index (χ1v) is 6.58. The molecular formula is C13H21N3O. The summed E-state index contributed by atoms with van der Waals surface area (Å²) in [5.74, 6) is 4.04. The lowest BCUT2D eigenvalue weighted by Gasteiger charge is -2.18. The number of nitrogens with zero attached hydrogens (tertiary/aromatic N) is 2. The van der Waals surface area contributed by atoms with Crippen LogP contribution in [0, 0.1) is 11.8 Å². The molecule has 0 aliphatic heterocycles. The number of rotatable bonds is 3. The summed E-state index contributed by atoms with van der Waals surface area (Å²) >= 11 is 0. The monoisotopic (exact) mass is 235 g/mol. The van der Waals surface area contributed by atoms with Gasteiger partial charge in [-0.1, -0.05) is 0 Å². The van der Waals surface area contributed by atoms with Crippen molar-refractivity contribution in [2.45, 2.75) is 58.0 Å². The van der Waals surface area contributed by atoms with Crippen LogP contribution in [-0.2, 0) is 6.54 Å². The third-order valence-corrected chi connectivity index (χ3v) is 3.85. The van der Waals surface area contributed by atoms with E-state index in [1.54, 1.807) is 0 Å². The first-order valence-electron chi connectivity index (χ1n) is 6.58. The summed E-state index contributed by atoms with van der Waals surface area (Å²) in [4.78, 5) is 0. The third-order valence-electron chi connectivity index (χ3n) is 3.85. The van der Waals surface area contributed by atoms with Gasteiger partial charge in [0.15, 0.2) is 0 Å². The third kappa shape index (κ3) is 2.51. The van der Waals surface area contributed by atoms with Crippen LogP contribution in [0.1, 0.15) is 57.7 Å². The Labute approximate surface area is 102 Å². The molecule has 0 aromatic carbocycles. The van der Waals surface area contributed by atoms with Crippen molar-refractivity contribution in [1.29, 1.82) is 0 Å². The minimum atomic E-state index is 0.0869. The van der Waals surface area contributed by atoms with E-state index in [9.17, 15) is 0 Å². The van der Waals surface area contributed by atoms with Crippen LogP contribution in [0.2, 0.25) is 0 Å². The number of fused-ring (bicyclic) bond motifs is 1. The summed E-state index contributed by atoms with van der Waals surface area (Å²) in [6.45, 7) is 7.06. The molecular weight excluding hydrogens is 214 g/mol. The Morgan fingerprint density at radius 1 is 1.18 bits per heavy atom. The Morgan fingerprint density at radius 3 is 2.53 bits per heavy atom. The van der Waals surface area contributed by atoms with Gasteiger partial charge in [-0.2, -0.15) is 0 Å². The van der Waals surface area contributed by atoms with Crippen molar-refractivity contribution in [2.75, 3.05) is 0 Å². The highest BCUT2D eigenvalue weighted by Crippen LogP contribution is 2.57. The smallest absolute Gasteiger partial charge is 0.230 e. The molecule has 1 aromatic heterocycles. The Bertz CT molecular complexity index is 397. The lowest BCUT2D eigenvalue weighted by Crippen LogP contribution is -2.35. The van der Waals surface area contributed by atoms with Crippen molar-refractivity contribution in [3.05, 3.63) is 11.8 Å². The molecule has 1 heterocycles. The van der Waals surface area contributed by atoms with E-state index in [1.807, 2.05) is 0 Å². The van der Waals surface area contributed by atoms with E-state index in [4.69, 9.17) is 4.42 Å². The van der Waals surface area contributed by atoms with Gasteiger partial charge in [-0.15, -0.1) is 10.2 Å². The van der Waals surface area contributed by atoms with Gasteiger partial charge >= 0.3 is 0 Å². The predicted octanol–water partition coefficient (Wildman–Crippen LogP) is 2.47. The Morgan fingerprint density at radius 2 is 1.88 bits per heavy atom. The minimum absolute atomic E-state index is 0.0869. The molecule has 0 bridgehead atoms. The van der Waals surface area contributed by atoms with Gasteiger partial charge in [-0.25, -0.2) is 0 Å². The van der Waals surface area contributed by atoms with E-state index in [2.05, 4.69) is 36.3 Å². The molecule has 0 radical (unpaired) electrons. The van der Waals surface area contributed by atoms with Crippen LogP contribution in [0.25, 0.3) is 0 Å². The molecule has 2 aliphatic carbocycles. The maximum absolute atomic E-state index is 5.75. The van der Waals surface area contributed by atoms with E-state index in [0.717, 1.165) is 23.6 Å². The van der Waals surface area contributed by atoms with Crippen molar-refractivity contribution in [1.82, 2.24) is 15.5 Å². The second-order valence-corrected chi connectivity index (χ2v) is 6.56. The Kier molecular flexibility index (Phi) is 2.51. The van der Waals surface area contributed by atoms with E-state index in [1.165, 1.54) is 19.3 Å². The highest BCUT2D eigenvalue weighted by molar-refractivity contribution is 5.06. The number of aromatic nitrogens is 2. The molecule has 2 aliphatic rings. The number of nitrogens with one attached hydrogen (secondary N) is 1. The van der Waals surface area contributed by atoms with Crippen molar-refractivity contribution >= 4 is 0 Å². The van der Waals surface area contributed by atoms with Gasteiger partial charge in [-0.3, -0.25) is 0 Å². The average Bonchev–Trinajstić information content (AvgIpc) is 2.72. The number of hydrogen-bond acceptors (Lipinski definition) is 4. The predicted molar refractivity (Wildman–Crippen MR) is 64.5 cm³/mol. The highest BCUT2D eigenvalue weighted by Gasteiger charge is 2.47. The lowest BCUT2D eigenvalue weighted by molar-refractivity contribution is 0.357. The average molecular weight is 235 g/mol. The van der Waals surface area contributed by atoms with Crippen LogP contribution in [0.3, 0.4) is 0 Å². The van der Waals surface area contributed by atoms with E-state index in [0.29, 0.717) is 12.5 Å². The van der Waals surface area contributed by atoms with Crippen LogP contribution in [0.4, 0.5) is 0 Å². The second kappa shape index (κ2) is 3.80. The zero-order valence-corrected chi connectivity index (χ0v) is 10.9. The Hall–Kier alpha value is -0.900. The molecule has 94 valence electrons. The summed E-state index contributed by atoms with van der Waals surface area (Å²) in [5.41, 5.74) is 0.0869. The topological polar surface area (TPSA) is 51.0 Å². The van der Waals surface area contributed by atoms with Crippen molar-refractivity contribution < 1.29 is 4.42 Å². The van der Waals surface area contributed by atoms with Gasteiger partial charge in [0.1, 0.15) is 0 Å². The van der Waals surface area contributed by atoms with Crippen molar-refractivity contribution in [3.8, 4) is 0 Å². The largest absolute Gasteiger partial charge is 0.424 e. The van der Waals surface area contributed by atoms with Crippen LogP contribution in [0.5, 0.6) is 0 Å². The van der Waals surface area contributed by atoms with E-state index >= 15 is 0 Å². The molecule has 4 heteroatoms. The normalized spacial score (nSPS) is 31.6. The van der Waals surface area contributed by atoms with E-state index in [-0.39, 0.29) is 5.54 Å². The van der Waals surface area contributed by atoms with Gasteiger partial charge in [0.2, 0.25) is 11.8 Å². The summed E-state index contributed by atoms with van der Waals surface area (Å²) in [6, 6.07) is 0. The first kappa shape index (κ1) is 11.2. The molecule has 1 aromatic rings. The molecule has 3 rings (SSSR count). The molecule has 1 N–H and O–H groups in total. The fourth-order valence-electron chi connectivity index (χ4n) is 2.76. The molecule has 0 saturated heterocycles. The second-order valence-electron chi connectivity index (χ2n) is 6.56. The van der Waals surface area contributed by atoms with Gasteiger partial charge < -0.3 is 9.73 Å². The van der Waals surface area contributed by atoms with Crippen LogP contribution in [-0.4, -0.2) is 15.7 Å². The first-order chi connectivity index (χ1) is 8.01. The SMILES string of the molecule is CC(C)(C)NCc1nnc(C2CC3CC3C2)o1. The van der Waals surface area contributed by atoms with Gasteiger partial charge in [0.05, 0.1) is 6.54 Å². The quantitative estimate of drug-likeness (QED) is 0.874. The molecule has 4 nitrogen and oxygen atoms in total. The molecule has 2 fully saturated rings. The molecule has 17 heavy (non-hydrogen) atoms. The number of hydrogen-bond donors (Lipinski definition) is 1. The van der Waals surface area contributed by atoms with Gasteiger partial charge in [0, 0.05) is 11.5 Å². The molecule has 2 atom stereocenters. The van der Waals surface area contributed by atoms with Crippen LogP contribution < -0.4 is 5.32 Å². The van der Waals surface area contributed by atoms with Crippen LogP contribution >= 0.6 is 0 Å². The standard InChI is InChI=1S/C13H21N3O/c1-13(2,3)14-7-11-15-16-12(17-11)10-5-8-4-9(8)6-10/h8-10,14H,4-7H2,1-3H3. The molecule has 0 amide bonds. The van der Waals surface area contributed by atoms with Crippen molar-refractivity contribution in [2.24, 2.45) is 11.8 Å². The van der Waals surface area contributed by atoms with Gasteiger partial charge in [0.25, 0.3) is 0 Å². The summed E-state index contributed by atoms with van der Waals surface area (Å²) < 4.78 is 5.75. The van der Waals surface area contributed by atoms with Gasteiger partial charge in [-0.05, 0) is 51.9 Å². The Balaban J connectivity index is 1.58. The summed E-state index contributed by atoms with van der Waals surface area (Å²) in [6.07, 6.45) is 3.96. The van der Waals surface area contributed by atoms with Crippen LogP contribution in [0.15, 0.2) is 4.42 Å². The zero-order valence-electron chi connectivity index (χ0n) is 10.9. The van der Waals surface area contributed by atoms with Crippen molar-refractivity contribution in [3.63, 3.8) is 0 Å². The molecule has 0 spiro atoms. The summed E-state index contributed by atoms with van der Waals surface area (Å²) in [5, 5.41) is 11.7. The fraction of sp³-hybridized carbons (Fsp3) is 0.846. The summed E-state index contributed by atoms with van der Waals surface area (Å²) in [7, 11) is 0. The minimum Gasteiger partial charge on any atom is -0.424 e. The van der Waals surface area contributed by atoms with E-state index < -0.39 is 0 Å². The molecule has 2 saturated carbocycles. The zero-order chi connectivity index (χ0) is 12.0. The highest BCUT2D eigenvalue weighted by atomic mass is 16.4.